The molecule has 0 aliphatic carbocycles. The van der Waals surface area contributed by atoms with Gasteiger partial charge in [-0.3, -0.25) is 14.7 Å². The van der Waals surface area contributed by atoms with Crippen LogP contribution in [0.4, 0.5) is 4.39 Å². The molecule has 1 amide bonds. The molecule has 34 heavy (non-hydrogen) atoms. The van der Waals surface area contributed by atoms with E-state index in [0.717, 1.165) is 43.5 Å². The van der Waals surface area contributed by atoms with E-state index in [2.05, 4.69) is 35.6 Å². The number of hydrogen-bond donors (Lipinski definition) is 1. The Kier molecular flexibility index (Phi) is 7.79. The number of nitrogens with one attached hydrogen (secondary N) is 1. The molecular formula is C28H36FN3O2. The third-order valence-corrected chi connectivity index (χ3v) is 7.59. The lowest BCUT2D eigenvalue weighted by molar-refractivity contribution is -0.170. The van der Waals surface area contributed by atoms with Crippen LogP contribution in [0.1, 0.15) is 62.1 Å². The Balaban J connectivity index is 1.31. The molecule has 1 N–H and O–H groups in total. The zero-order chi connectivity index (χ0) is 24.1. The average molecular weight is 466 g/mol. The molecule has 182 valence electrons. The number of aromatic nitrogens is 1. The van der Waals surface area contributed by atoms with Crippen LogP contribution in [0.15, 0.2) is 49.3 Å². The second kappa shape index (κ2) is 10.8. The van der Waals surface area contributed by atoms with Gasteiger partial charge in [-0.15, -0.1) is 0 Å². The highest BCUT2D eigenvalue weighted by Crippen LogP contribution is 2.36. The van der Waals surface area contributed by atoms with Crippen LogP contribution in [0.25, 0.3) is 6.08 Å². The topological polar surface area (TPSA) is 54.5 Å². The summed E-state index contributed by atoms with van der Waals surface area (Å²) in [6.45, 7) is 10.9. The van der Waals surface area contributed by atoms with E-state index >= 15 is 0 Å². The molecule has 1 aromatic carbocycles. The first-order valence-electron chi connectivity index (χ1n) is 12.4. The molecule has 6 heteroatoms. The maximum atomic E-state index is 13.3. The Hall–Kier alpha value is -2.57. The SMILES string of the molecule is C=Cc1cncc(CNC(=O)C2(C(C)C)CC[C@@H](N3CCC(c4ccc(F)cc4)CC3)CO2)c1. The number of carbonyl (C=O) groups is 1. The summed E-state index contributed by atoms with van der Waals surface area (Å²) in [6, 6.07) is 9.26. The van der Waals surface area contributed by atoms with Crippen molar-refractivity contribution < 1.29 is 13.9 Å². The number of nitrogens with zero attached hydrogens (tertiary/aromatic N) is 2. The van der Waals surface area contributed by atoms with Gasteiger partial charge in [0.15, 0.2) is 0 Å². The normalized spacial score (nSPS) is 24.2. The lowest BCUT2D eigenvalue weighted by atomic mass is 9.80. The highest BCUT2D eigenvalue weighted by molar-refractivity contribution is 5.85. The summed E-state index contributed by atoms with van der Waals surface area (Å²) in [5.41, 5.74) is 2.31. The van der Waals surface area contributed by atoms with E-state index in [0.29, 0.717) is 31.5 Å². The number of likely N-dealkylation sites (tertiary alicyclic amines) is 1. The summed E-state index contributed by atoms with van der Waals surface area (Å²) < 4.78 is 19.6. The van der Waals surface area contributed by atoms with Crippen LogP contribution in [-0.2, 0) is 16.1 Å². The van der Waals surface area contributed by atoms with Crippen LogP contribution in [0.5, 0.6) is 0 Å². The molecular weight excluding hydrogens is 429 g/mol. The van der Waals surface area contributed by atoms with Gasteiger partial charge in [-0.25, -0.2) is 4.39 Å². The van der Waals surface area contributed by atoms with Gasteiger partial charge in [0.25, 0.3) is 5.91 Å². The van der Waals surface area contributed by atoms with Crippen LogP contribution >= 0.6 is 0 Å². The third kappa shape index (κ3) is 5.39. The summed E-state index contributed by atoms with van der Waals surface area (Å²) in [4.78, 5) is 20.0. The molecule has 0 bridgehead atoms. The van der Waals surface area contributed by atoms with Crippen molar-refractivity contribution in [2.24, 2.45) is 5.92 Å². The molecule has 2 fully saturated rings. The lowest BCUT2D eigenvalue weighted by Gasteiger charge is -2.46. The van der Waals surface area contributed by atoms with Gasteiger partial charge in [0.05, 0.1) is 6.61 Å². The molecule has 1 aromatic heterocycles. The maximum Gasteiger partial charge on any atom is 0.252 e. The fraction of sp³-hybridized carbons (Fsp3) is 0.500. The van der Waals surface area contributed by atoms with E-state index in [4.69, 9.17) is 4.74 Å². The largest absolute Gasteiger partial charge is 0.363 e. The summed E-state index contributed by atoms with van der Waals surface area (Å²) in [7, 11) is 0. The van der Waals surface area contributed by atoms with Crippen molar-refractivity contribution in [2.45, 2.75) is 63.6 Å². The van der Waals surface area contributed by atoms with E-state index in [1.54, 1.807) is 30.6 Å². The Morgan fingerprint density at radius 3 is 2.62 bits per heavy atom. The number of benzene rings is 1. The van der Waals surface area contributed by atoms with Gasteiger partial charge >= 0.3 is 0 Å². The minimum Gasteiger partial charge on any atom is -0.363 e. The van der Waals surface area contributed by atoms with Gasteiger partial charge < -0.3 is 10.1 Å². The van der Waals surface area contributed by atoms with Crippen molar-refractivity contribution >= 4 is 12.0 Å². The van der Waals surface area contributed by atoms with Crippen molar-refractivity contribution in [1.29, 1.82) is 0 Å². The predicted molar refractivity (Wildman–Crippen MR) is 133 cm³/mol. The number of carbonyl (C=O) groups excluding carboxylic acids is 1. The molecule has 2 aliphatic heterocycles. The fourth-order valence-corrected chi connectivity index (χ4v) is 5.35. The zero-order valence-electron chi connectivity index (χ0n) is 20.3. The van der Waals surface area contributed by atoms with Crippen molar-refractivity contribution in [1.82, 2.24) is 15.2 Å². The van der Waals surface area contributed by atoms with Crippen molar-refractivity contribution in [3.05, 3.63) is 71.8 Å². The summed E-state index contributed by atoms with van der Waals surface area (Å²) in [5, 5.41) is 3.09. The molecule has 0 saturated carbocycles. The fourth-order valence-electron chi connectivity index (χ4n) is 5.35. The van der Waals surface area contributed by atoms with E-state index in [1.165, 1.54) is 5.56 Å². The number of amides is 1. The minimum atomic E-state index is -0.799. The third-order valence-electron chi connectivity index (χ3n) is 7.59. The number of hydrogen-bond acceptors (Lipinski definition) is 4. The van der Waals surface area contributed by atoms with E-state index in [9.17, 15) is 9.18 Å². The van der Waals surface area contributed by atoms with Crippen molar-refractivity contribution in [3.8, 4) is 0 Å². The summed E-state index contributed by atoms with van der Waals surface area (Å²) in [5.74, 6) is 0.339. The van der Waals surface area contributed by atoms with Crippen molar-refractivity contribution in [2.75, 3.05) is 19.7 Å². The van der Waals surface area contributed by atoms with Gasteiger partial charge in [0.1, 0.15) is 11.4 Å². The molecule has 1 unspecified atom stereocenters. The minimum absolute atomic E-state index is 0.0417. The maximum absolute atomic E-state index is 13.3. The molecule has 2 aromatic rings. The number of rotatable bonds is 7. The molecule has 2 atom stereocenters. The summed E-state index contributed by atoms with van der Waals surface area (Å²) >= 11 is 0. The Bertz CT molecular complexity index is 975. The van der Waals surface area contributed by atoms with E-state index in [1.807, 2.05) is 18.2 Å². The zero-order valence-corrected chi connectivity index (χ0v) is 20.3. The monoisotopic (exact) mass is 465 g/mol. The number of piperidine rings is 1. The highest BCUT2D eigenvalue weighted by Gasteiger charge is 2.46. The quantitative estimate of drug-likeness (QED) is 0.630. The van der Waals surface area contributed by atoms with Crippen LogP contribution in [0.3, 0.4) is 0 Å². The van der Waals surface area contributed by atoms with Gasteiger partial charge in [0.2, 0.25) is 0 Å². The second-order valence-corrected chi connectivity index (χ2v) is 9.92. The molecule has 0 radical (unpaired) electrons. The predicted octanol–water partition coefficient (Wildman–Crippen LogP) is 4.93. The average Bonchev–Trinajstić information content (AvgIpc) is 2.88. The van der Waals surface area contributed by atoms with Crippen LogP contribution in [0.2, 0.25) is 0 Å². The molecule has 2 aliphatic rings. The smallest absolute Gasteiger partial charge is 0.252 e. The Morgan fingerprint density at radius 2 is 2.00 bits per heavy atom. The Morgan fingerprint density at radius 1 is 1.26 bits per heavy atom. The van der Waals surface area contributed by atoms with E-state index < -0.39 is 5.60 Å². The van der Waals surface area contributed by atoms with Gasteiger partial charge in [0, 0.05) is 25.0 Å². The first-order chi connectivity index (χ1) is 16.4. The molecule has 3 heterocycles. The first-order valence-corrected chi connectivity index (χ1v) is 12.4. The number of ether oxygens (including phenoxy) is 1. The molecule has 4 rings (SSSR count). The number of halogens is 1. The standard InChI is InChI=1S/C28H36FN3O2/c1-4-21-15-22(17-30-16-21)18-31-27(33)28(20(2)3)12-9-26(19-34-28)32-13-10-24(11-14-32)23-5-7-25(29)8-6-23/h4-8,15-17,20,24,26H,1,9-14,18-19H2,2-3H3,(H,31,33)/t26-,28?/m1/s1. The molecule has 2 saturated heterocycles. The van der Waals surface area contributed by atoms with Gasteiger partial charge in [-0.05, 0) is 85.5 Å². The van der Waals surface area contributed by atoms with Crippen LogP contribution in [-0.4, -0.2) is 47.1 Å². The second-order valence-electron chi connectivity index (χ2n) is 9.92. The Labute approximate surface area is 202 Å². The van der Waals surface area contributed by atoms with Crippen molar-refractivity contribution in [3.63, 3.8) is 0 Å². The van der Waals surface area contributed by atoms with Crippen LogP contribution < -0.4 is 5.32 Å². The van der Waals surface area contributed by atoms with E-state index in [-0.39, 0.29) is 17.6 Å². The molecule has 0 spiro atoms. The van der Waals surface area contributed by atoms with Gasteiger partial charge in [-0.2, -0.15) is 0 Å². The molecule has 5 nitrogen and oxygen atoms in total. The van der Waals surface area contributed by atoms with Gasteiger partial charge in [-0.1, -0.05) is 38.6 Å². The number of pyridine rings is 1. The summed E-state index contributed by atoms with van der Waals surface area (Å²) in [6.07, 6.45) is 9.06. The first kappa shape index (κ1) is 24.6. The van der Waals surface area contributed by atoms with Crippen LogP contribution in [0, 0.1) is 11.7 Å². The lowest BCUT2D eigenvalue weighted by Crippen LogP contribution is -2.58. The highest BCUT2D eigenvalue weighted by atomic mass is 19.1.